The van der Waals surface area contributed by atoms with Gasteiger partial charge in [0.25, 0.3) is 5.91 Å². The second-order valence-electron chi connectivity index (χ2n) is 6.02. The Bertz CT molecular complexity index is 729. The number of nitrogens with zero attached hydrogens (tertiary/aromatic N) is 3. The number of hydrogen-bond acceptors (Lipinski definition) is 4. The lowest BCUT2D eigenvalue weighted by Crippen LogP contribution is -2.47. The summed E-state index contributed by atoms with van der Waals surface area (Å²) in [6.07, 6.45) is 6.07. The summed E-state index contributed by atoms with van der Waals surface area (Å²) in [5.74, 6) is -0.537. The molecule has 7 heteroatoms. The standard InChI is InChI=1S/C18H19FN4O2/c19-14-3-1-13(2-4-14)11-17(24)23-9-5-15(6-10-23)22-18(25)16-12-20-7-8-21-16/h1-4,7-8,12,15H,5-6,9-11H2,(H,22,25). The van der Waals surface area contributed by atoms with Gasteiger partial charge >= 0.3 is 0 Å². The van der Waals surface area contributed by atoms with Crippen molar-refractivity contribution in [3.8, 4) is 0 Å². The number of nitrogens with one attached hydrogen (secondary N) is 1. The van der Waals surface area contributed by atoms with Crippen LogP contribution in [0.4, 0.5) is 4.39 Å². The number of rotatable bonds is 4. The molecule has 6 nitrogen and oxygen atoms in total. The molecule has 0 radical (unpaired) electrons. The summed E-state index contributed by atoms with van der Waals surface area (Å²) >= 11 is 0. The van der Waals surface area contributed by atoms with Crippen LogP contribution in [-0.2, 0) is 11.2 Å². The van der Waals surface area contributed by atoms with Crippen LogP contribution in [0.25, 0.3) is 0 Å². The summed E-state index contributed by atoms with van der Waals surface area (Å²) in [7, 11) is 0. The second-order valence-corrected chi connectivity index (χ2v) is 6.02. The van der Waals surface area contributed by atoms with Gasteiger partial charge in [0.15, 0.2) is 0 Å². The Balaban J connectivity index is 1.47. The molecule has 0 unspecified atom stereocenters. The Kier molecular flexibility index (Phi) is 5.33. The van der Waals surface area contributed by atoms with Crippen LogP contribution < -0.4 is 5.32 Å². The molecule has 2 aromatic rings. The molecule has 3 rings (SSSR count). The van der Waals surface area contributed by atoms with Crippen molar-refractivity contribution in [2.75, 3.05) is 13.1 Å². The van der Waals surface area contributed by atoms with E-state index in [1.165, 1.54) is 30.7 Å². The number of aromatic nitrogens is 2. The largest absolute Gasteiger partial charge is 0.348 e. The number of carbonyl (C=O) groups is 2. The summed E-state index contributed by atoms with van der Waals surface area (Å²) in [6, 6.07) is 5.99. The van der Waals surface area contributed by atoms with Crippen LogP contribution >= 0.6 is 0 Å². The van der Waals surface area contributed by atoms with Crippen LogP contribution in [0.3, 0.4) is 0 Å². The van der Waals surface area contributed by atoms with E-state index in [0.29, 0.717) is 25.9 Å². The van der Waals surface area contributed by atoms with Gasteiger partial charge in [-0.2, -0.15) is 0 Å². The second kappa shape index (κ2) is 7.83. The molecule has 2 heterocycles. The van der Waals surface area contributed by atoms with Gasteiger partial charge in [-0.05, 0) is 30.5 Å². The maximum Gasteiger partial charge on any atom is 0.271 e. The number of carbonyl (C=O) groups excluding carboxylic acids is 2. The van der Waals surface area contributed by atoms with Crippen LogP contribution in [0.1, 0.15) is 28.9 Å². The van der Waals surface area contributed by atoms with Gasteiger partial charge in [-0.3, -0.25) is 14.6 Å². The van der Waals surface area contributed by atoms with E-state index >= 15 is 0 Å². The van der Waals surface area contributed by atoms with E-state index in [0.717, 1.165) is 5.56 Å². The third-order valence-corrected chi connectivity index (χ3v) is 4.25. The maximum absolute atomic E-state index is 12.9. The van der Waals surface area contributed by atoms with E-state index in [4.69, 9.17) is 0 Å². The highest BCUT2D eigenvalue weighted by molar-refractivity contribution is 5.92. The fourth-order valence-electron chi connectivity index (χ4n) is 2.84. The van der Waals surface area contributed by atoms with E-state index in [2.05, 4.69) is 15.3 Å². The highest BCUT2D eigenvalue weighted by Gasteiger charge is 2.24. The molecule has 1 saturated heterocycles. The molecule has 0 saturated carbocycles. The minimum Gasteiger partial charge on any atom is -0.348 e. The summed E-state index contributed by atoms with van der Waals surface area (Å²) in [6.45, 7) is 1.18. The maximum atomic E-state index is 12.9. The van der Waals surface area contributed by atoms with Gasteiger partial charge in [-0.1, -0.05) is 12.1 Å². The molecule has 2 amide bonds. The lowest BCUT2D eigenvalue weighted by Gasteiger charge is -2.32. The minimum absolute atomic E-state index is 0.0179. The molecule has 1 aromatic carbocycles. The smallest absolute Gasteiger partial charge is 0.271 e. The molecule has 1 aliphatic rings. The molecule has 1 aromatic heterocycles. The van der Waals surface area contributed by atoms with Crippen LogP contribution in [0.15, 0.2) is 42.9 Å². The molecule has 1 N–H and O–H groups in total. The van der Waals surface area contributed by atoms with Gasteiger partial charge in [0, 0.05) is 31.5 Å². The van der Waals surface area contributed by atoms with Crippen LogP contribution in [-0.4, -0.2) is 45.8 Å². The van der Waals surface area contributed by atoms with Crippen molar-refractivity contribution in [2.45, 2.75) is 25.3 Å². The van der Waals surface area contributed by atoms with Gasteiger partial charge in [-0.25, -0.2) is 9.37 Å². The highest BCUT2D eigenvalue weighted by atomic mass is 19.1. The average molecular weight is 342 g/mol. The van der Waals surface area contributed by atoms with E-state index in [1.54, 1.807) is 17.0 Å². The van der Waals surface area contributed by atoms with Gasteiger partial charge in [0.05, 0.1) is 12.6 Å². The number of piperidine rings is 1. The van der Waals surface area contributed by atoms with Crippen molar-refractivity contribution in [1.29, 1.82) is 0 Å². The van der Waals surface area contributed by atoms with Gasteiger partial charge in [0.2, 0.25) is 5.91 Å². The monoisotopic (exact) mass is 342 g/mol. The number of halogens is 1. The third-order valence-electron chi connectivity index (χ3n) is 4.25. The van der Waals surface area contributed by atoms with E-state index in [1.807, 2.05) is 0 Å². The first-order chi connectivity index (χ1) is 12.1. The normalized spacial score (nSPS) is 15.0. The molecule has 0 aliphatic carbocycles. The number of likely N-dealkylation sites (tertiary alicyclic amines) is 1. The summed E-state index contributed by atoms with van der Waals surface area (Å²) in [5, 5.41) is 2.93. The van der Waals surface area contributed by atoms with Crippen LogP contribution in [0, 0.1) is 5.82 Å². The van der Waals surface area contributed by atoms with Crippen molar-refractivity contribution in [1.82, 2.24) is 20.2 Å². The fraction of sp³-hybridized carbons (Fsp3) is 0.333. The molecule has 130 valence electrons. The quantitative estimate of drug-likeness (QED) is 0.915. The Labute approximate surface area is 145 Å². The van der Waals surface area contributed by atoms with E-state index in [9.17, 15) is 14.0 Å². The molecule has 25 heavy (non-hydrogen) atoms. The number of hydrogen-bond donors (Lipinski definition) is 1. The molecule has 0 atom stereocenters. The molecule has 0 spiro atoms. The number of amides is 2. The molecule has 1 fully saturated rings. The molecular formula is C18H19FN4O2. The predicted octanol–water partition coefficient (Wildman–Crippen LogP) is 1.58. The van der Waals surface area contributed by atoms with Crippen molar-refractivity contribution >= 4 is 11.8 Å². The zero-order chi connectivity index (χ0) is 17.6. The average Bonchev–Trinajstić information content (AvgIpc) is 2.65. The third kappa shape index (κ3) is 4.59. The zero-order valence-corrected chi connectivity index (χ0v) is 13.7. The predicted molar refractivity (Wildman–Crippen MR) is 89.2 cm³/mol. The van der Waals surface area contributed by atoms with Crippen LogP contribution in [0.5, 0.6) is 0 Å². The van der Waals surface area contributed by atoms with Gasteiger partial charge < -0.3 is 10.2 Å². The Hall–Kier alpha value is -2.83. The van der Waals surface area contributed by atoms with Crippen molar-refractivity contribution < 1.29 is 14.0 Å². The van der Waals surface area contributed by atoms with Gasteiger partial charge in [-0.15, -0.1) is 0 Å². The Morgan fingerprint density at radius 2 is 1.88 bits per heavy atom. The SMILES string of the molecule is O=C(NC1CCN(C(=O)Cc2ccc(F)cc2)CC1)c1cnccn1. The summed E-state index contributed by atoms with van der Waals surface area (Å²) in [4.78, 5) is 34.0. The lowest BCUT2D eigenvalue weighted by atomic mass is 10.0. The first-order valence-corrected chi connectivity index (χ1v) is 8.21. The molecular weight excluding hydrogens is 323 g/mol. The number of benzene rings is 1. The topological polar surface area (TPSA) is 75.2 Å². The summed E-state index contributed by atoms with van der Waals surface area (Å²) in [5.41, 5.74) is 1.08. The molecule has 0 bridgehead atoms. The Morgan fingerprint density at radius 3 is 2.52 bits per heavy atom. The minimum atomic E-state index is -0.309. The summed E-state index contributed by atoms with van der Waals surface area (Å²) < 4.78 is 12.9. The van der Waals surface area contributed by atoms with Crippen LogP contribution in [0.2, 0.25) is 0 Å². The van der Waals surface area contributed by atoms with Crippen molar-refractivity contribution in [3.63, 3.8) is 0 Å². The molecule has 1 aliphatic heterocycles. The fourth-order valence-corrected chi connectivity index (χ4v) is 2.84. The zero-order valence-electron chi connectivity index (χ0n) is 13.7. The Morgan fingerprint density at radius 1 is 1.16 bits per heavy atom. The first kappa shape index (κ1) is 17.0. The highest BCUT2D eigenvalue weighted by Crippen LogP contribution is 2.13. The van der Waals surface area contributed by atoms with Gasteiger partial charge in [0.1, 0.15) is 11.5 Å². The van der Waals surface area contributed by atoms with E-state index in [-0.39, 0.29) is 35.8 Å². The first-order valence-electron chi connectivity index (χ1n) is 8.21. The van der Waals surface area contributed by atoms with Crippen molar-refractivity contribution in [3.05, 3.63) is 59.9 Å². The van der Waals surface area contributed by atoms with E-state index < -0.39 is 0 Å². The van der Waals surface area contributed by atoms with Crippen molar-refractivity contribution in [2.24, 2.45) is 0 Å². The lowest BCUT2D eigenvalue weighted by molar-refractivity contribution is -0.131.